The van der Waals surface area contributed by atoms with Crippen molar-refractivity contribution in [3.8, 4) is 0 Å². The lowest BCUT2D eigenvalue weighted by atomic mass is 9.87. The Morgan fingerprint density at radius 1 is 1.20 bits per heavy atom. The van der Waals surface area contributed by atoms with Crippen molar-refractivity contribution in [2.24, 2.45) is 0 Å². The molecule has 20 heavy (non-hydrogen) atoms. The number of amides is 2. The van der Waals surface area contributed by atoms with E-state index in [9.17, 15) is 9.59 Å². The van der Waals surface area contributed by atoms with Crippen molar-refractivity contribution in [3.63, 3.8) is 0 Å². The van der Waals surface area contributed by atoms with E-state index in [0.717, 1.165) is 24.9 Å². The van der Waals surface area contributed by atoms with Crippen LogP contribution in [0, 0.1) is 0 Å². The number of hydrogen-bond acceptors (Lipinski definition) is 3. The molecule has 1 aliphatic carbocycles. The van der Waals surface area contributed by atoms with Crippen LogP contribution in [0.2, 0.25) is 0 Å². The first kappa shape index (κ1) is 13.5. The lowest BCUT2D eigenvalue weighted by Crippen LogP contribution is -2.45. The molecule has 3 aliphatic rings. The summed E-state index contributed by atoms with van der Waals surface area (Å²) in [5.41, 5.74) is 0.258. The average molecular weight is 278 g/mol. The largest absolute Gasteiger partial charge is 0.436 e. The lowest BCUT2D eigenvalue weighted by Gasteiger charge is -2.37. The Morgan fingerprint density at radius 2 is 1.85 bits per heavy atom. The van der Waals surface area contributed by atoms with Crippen molar-refractivity contribution < 1.29 is 14.3 Å². The number of likely N-dealkylation sites (tertiary alicyclic amines) is 1. The number of ether oxygens (including phenoxy) is 1. The second kappa shape index (κ2) is 5.11. The zero-order valence-electron chi connectivity index (χ0n) is 11.8. The Morgan fingerprint density at radius 3 is 2.45 bits per heavy atom. The van der Waals surface area contributed by atoms with E-state index in [4.69, 9.17) is 4.74 Å². The van der Waals surface area contributed by atoms with Gasteiger partial charge in [-0.05, 0) is 12.8 Å². The number of nitrogens with zero attached hydrogens (tertiary/aromatic N) is 2. The second-order valence-electron chi connectivity index (χ2n) is 6.11. The summed E-state index contributed by atoms with van der Waals surface area (Å²) >= 11 is 0. The molecule has 0 radical (unpaired) electrons. The fourth-order valence-electron chi connectivity index (χ4n) is 3.69. The Bertz CT molecular complexity index is 421. The Labute approximate surface area is 119 Å². The van der Waals surface area contributed by atoms with Gasteiger partial charge in [-0.15, -0.1) is 0 Å². The highest BCUT2D eigenvalue weighted by atomic mass is 16.6. The van der Waals surface area contributed by atoms with E-state index in [1.807, 2.05) is 0 Å². The molecule has 2 amide bonds. The SMILES string of the molecule is C=C1N(C2CCCCC2)C(=O)OC12CCN(C=O)CC2. The van der Waals surface area contributed by atoms with Gasteiger partial charge in [0.2, 0.25) is 6.41 Å². The molecule has 2 saturated heterocycles. The van der Waals surface area contributed by atoms with Gasteiger partial charge in [0.15, 0.2) is 5.60 Å². The van der Waals surface area contributed by atoms with Crippen LogP contribution in [-0.4, -0.2) is 47.0 Å². The summed E-state index contributed by atoms with van der Waals surface area (Å²) in [7, 11) is 0. The molecule has 0 atom stereocenters. The van der Waals surface area contributed by atoms with E-state index in [2.05, 4.69) is 6.58 Å². The summed E-state index contributed by atoms with van der Waals surface area (Å²) in [6, 6.07) is 0.257. The van der Waals surface area contributed by atoms with E-state index in [1.165, 1.54) is 19.3 Å². The predicted octanol–water partition coefficient (Wildman–Crippen LogP) is 2.28. The van der Waals surface area contributed by atoms with Crippen LogP contribution in [0.4, 0.5) is 4.79 Å². The summed E-state index contributed by atoms with van der Waals surface area (Å²) in [5, 5.41) is 0. The molecule has 3 fully saturated rings. The van der Waals surface area contributed by atoms with Crippen LogP contribution in [0.1, 0.15) is 44.9 Å². The van der Waals surface area contributed by atoms with Gasteiger partial charge in [-0.25, -0.2) is 4.79 Å². The molecule has 110 valence electrons. The van der Waals surface area contributed by atoms with Crippen molar-refractivity contribution >= 4 is 12.5 Å². The van der Waals surface area contributed by atoms with Gasteiger partial charge < -0.3 is 9.64 Å². The molecule has 0 N–H and O–H groups in total. The molecular weight excluding hydrogens is 256 g/mol. The van der Waals surface area contributed by atoms with Gasteiger partial charge >= 0.3 is 6.09 Å². The molecule has 3 rings (SSSR count). The Balaban J connectivity index is 1.74. The van der Waals surface area contributed by atoms with E-state index < -0.39 is 5.60 Å². The minimum atomic E-state index is -0.561. The fourth-order valence-corrected chi connectivity index (χ4v) is 3.69. The van der Waals surface area contributed by atoms with Crippen LogP contribution < -0.4 is 0 Å². The van der Waals surface area contributed by atoms with Gasteiger partial charge in [-0.1, -0.05) is 25.8 Å². The molecule has 0 unspecified atom stereocenters. The first-order chi connectivity index (χ1) is 9.66. The molecule has 0 aromatic rings. The third-order valence-electron chi connectivity index (χ3n) is 4.99. The maximum atomic E-state index is 12.3. The van der Waals surface area contributed by atoms with Gasteiger partial charge in [0, 0.05) is 32.0 Å². The summed E-state index contributed by atoms with van der Waals surface area (Å²) < 4.78 is 5.71. The van der Waals surface area contributed by atoms with Gasteiger partial charge in [0.05, 0.1) is 5.70 Å². The first-order valence-electron chi connectivity index (χ1n) is 7.57. The van der Waals surface area contributed by atoms with Crippen molar-refractivity contribution in [1.29, 1.82) is 0 Å². The zero-order chi connectivity index (χ0) is 14.2. The third-order valence-corrected chi connectivity index (χ3v) is 4.99. The average Bonchev–Trinajstić information content (AvgIpc) is 2.72. The summed E-state index contributed by atoms with van der Waals surface area (Å²) in [4.78, 5) is 26.6. The molecular formula is C15H22N2O3. The lowest BCUT2D eigenvalue weighted by molar-refractivity contribution is -0.120. The molecule has 5 nitrogen and oxygen atoms in total. The molecule has 0 bridgehead atoms. The molecule has 1 spiro atoms. The van der Waals surface area contributed by atoms with E-state index in [-0.39, 0.29) is 12.1 Å². The topological polar surface area (TPSA) is 49.9 Å². The zero-order valence-corrected chi connectivity index (χ0v) is 11.8. The molecule has 5 heteroatoms. The summed E-state index contributed by atoms with van der Waals surface area (Å²) in [5.74, 6) is 0. The van der Waals surface area contributed by atoms with Crippen LogP contribution in [0.3, 0.4) is 0 Å². The first-order valence-corrected chi connectivity index (χ1v) is 7.57. The number of carbonyl (C=O) groups is 2. The van der Waals surface area contributed by atoms with Crippen LogP contribution in [-0.2, 0) is 9.53 Å². The normalized spacial score (nSPS) is 27.0. The summed E-state index contributed by atoms with van der Waals surface area (Å²) in [6.07, 6.45) is 7.66. The van der Waals surface area contributed by atoms with Crippen LogP contribution >= 0.6 is 0 Å². The minimum absolute atomic E-state index is 0.235. The van der Waals surface area contributed by atoms with Crippen LogP contribution in [0.5, 0.6) is 0 Å². The van der Waals surface area contributed by atoms with Crippen molar-refractivity contribution in [1.82, 2.24) is 9.80 Å². The highest BCUT2D eigenvalue weighted by molar-refractivity contribution is 5.75. The fraction of sp³-hybridized carbons (Fsp3) is 0.733. The number of hydrogen-bond donors (Lipinski definition) is 0. The summed E-state index contributed by atoms with van der Waals surface area (Å²) in [6.45, 7) is 5.43. The van der Waals surface area contributed by atoms with E-state index in [0.29, 0.717) is 25.9 Å². The Hall–Kier alpha value is -1.52. The second-order valence-corrected chi connectivity index (χ2v) is 6.11. The van der Waals surface area contributed by atoms with E-state index >= 15 is 0 Å². The predicted molar refractivity (Wildman–Crippen MR) is 73.9 cm³/mol. The maximum Gasteiger partial charge on any atom is 0.415 e. The quantitative estimate of drug-likeness (QED) is 0.728. The molecule has 0 aromatic carbocycles. The molecule has 2 heterocycles. The highest BCUT2D eigenvalue weighted by Crippen LogP contribution is 2.43. The number of piperidine rings is 1. The minimum Gasteiger partial charge on any atom is -0.436 e. The van der Waals surface area contributed by atoms with Crippen LogP contribution in [0.15, 0.2) is 12.3 Å². The van der Waals surface area contributed by atoms with Crippen molar-refractivity contribution in [3.05, 3.63) is 12.3 Å². The van der Waals surface area contributed by atoms with Gasteiger partial charge in [0.1, 0.15) is 0 Å². The molecule has 2 aliphatic heterocycles. The van der Waals surface area contributed by atoms with E-state index in [1.54, 1.807) is 9.80 Å². The smallest absolute Gasteiger partial charge is 0.415 e. The van der Waals surface area contributed by atoms with Crippen LogP contribution in [0.25, 0.3) is 0 Å². The molecule has 0 aromatic heterocycles. The standard InChI is InChI=1S/C15H22N2O3/c1-12-15(7-9-16(11-18)10-8-15)20-14(19)17(12)13-5-3-2-4-6-13/h11,13H,1-10H2. The van der Waals surface area contributed by atoms with Gasteiger partial charge in [-0.2, -0.15) is 0 Å². The van der Waals surface area contributed by atoms with Crippen molar-refractivity contribution in [2.75, 3.05) is 13.1 Å². The number of carbonyl (C=O) groups excluding carboxylic acids is 2. The Kier molecular flexibility index (Phi) is 3.44. The number of rotatable bonds is 2. The van der Waals surface area contributed by atoms with Gasteiger partial charge in [-0.3, -0.25) is 9.69 Å². The highest BCUT2D eigenvalue weighted by Gasteiger charge is 2.52. The molecule has 1 saturated carbocycles. The van der Waals surface area contributed by atoms with Crippen molar-refractivity contribution in [2.45, 2.75) is 56.6 Å². The maximum absolute atomic E-state index is 12.3. The van der Waals surface area contributed by atoms with Gasteiger partial charge in [0.25, 0.3) is 0 Å². The third kappa shape index (κ3) is 2.09. The monoisotopic (exact) mass is 278 g/mol.